The zero-order valence-electron chi connectivity index (χ0n) is 11.3. The summed E-state index contributed by atoms with van der Waals surface area (Å²) in [5.41, 5.74) is 0.442. The van der Waals surface area contributed by atoms with E-state index in [1.807, 2.05) is 4.90 Å². The summed E-state index contributed by atoms with van der Waals surface area (Å²) >= 11 is 3.12. The van der Waals surface area contributed by atoms with E-state index in [2.05, 4.69) is 20.8 Å². The number of halogens is 2. The van der Waals surface area contributed by atoms with Crippen LogP contribution in [0.15, 0.2) is 22.7 Å². The van der Waals surface area contributed by atoms with Crippen LogP contribution in [-0.2, 0) is 0 Å². The number of carbonyl (C=O) groups is 1. The maximum absolute atomic E-state index is 13.6. The fourth-order valence-electron chi connectivity index (χ4n) is 3.20. The summed E-state index contributed by atoms with van der Waals surface area (Å²) in [7, 11) is 0. The second-order valence-electron chi connectivity index (χ2n) is 5.57. The zero-order chi connectivity index (χ0) is 14.1. The van der Waals surface area contributed by atoms with Crippen LogP contribution in [0.5, 0.6) is 0 Å². The number of hydrogen-bond donors (Lipinski definition) is 0. The van der Waals surface area contributed by atoms with Gasteiger partial charge in [0.1, 0.15) is 5.82 Å². The van der Waals surface area contributed by atoms with Crippen molar-refractivity contribution in [2.45, 2.75) is 25.3 Å². The van der Waals surface area contributed by atoms with Gasteiger partial charge in [0.25, 0.3) is 5.91 Å². The average Bonchev–Trinajstić information content (AvgIpc) is 2.78. The standard InChI is InChI=1S/C15H18BrFN2O/c16-13-5-4-11(9-14(13)17)15(20)19-8-2-7-18-6-1-3-12(18)10-19/h4-5,9,12H,1-3,6-8,10H2. The molecule has 5 heteroatoms. The van der Waals surface area contributed by atoms with Gasteiger partial charge in [0.05, 0.1) is 4.47 Å². The molecule has 2 saturated heterocycles. The summed E-state index contributed by atoms with van der Waals surface area (Å²) in [4.78, 5) is 16.9. The Balaban J connectivity index is 1.77. The first-order chi connectivity index (χ1) is 9.65. The predicted molar refractivity (Wildman–Crippen MR) is 79.2 cm³/mol. The lowest BCUT2D eigenvalue weighted by Gasteiger charge is -2.25. The predicted octanol–water partition coefficient (Wildman–Crippen LogP) is 2.90. The highest BCUT2D eigenvalue weighted by atomic mass is 79.9. The zero-order valence-corrected chi connectivity index (χ0v) is 12.9. The Kier molecular flexibility index (Phi) is 4.08. The number of hydrogen-bond acceptors (Lipinski definition) is 2. The van der Waals surface area contributed by atoms with Crippen molar-refractivity contribution >= 4 is 21.8 Å². The Morgan fingerprint density at radius 1 is 1.25 bits per heavy atom. The first kappa shape index (κ1) is 14.0. The number of rotatable bonds is 1. The molecule has 0 radical (unpaired) electrons. The molecule has 3 nitrogen and oxygen atoms in total. The van der Waals surface area contributed by atoms with Crippen molar-refractivity contribution in [3.63, 3.8) is 0 Å². The van der Waals surface area contributed by atoms with Gasteiger partial charge in [-0.15, -0.1) is 0 Å². The number of fused-ring (bicyclic) bond motifs is 1. The quantitative estimate of drug-likeness (QED) is 0.784. The van der Waals surface area contributed by atoms with Crippen LogP contribution in [0.4, 0.5) is 4.39 Å². The third-order valence-electron chi connectivity index (χ3n) is 4.26. The van der Waals surface area contributed by atoms with Crippen molar-refractivity contribution in [2.24, 2.45) is 0 Å². The number of carbonyl (C=O) groups excluding carboxylic acids is 1. The van der Waals surface area contributed by atoms with E-state index in [9.17, 15) is 9.18 Å². The molecule has 0 spiro atoms. The highest BCUT2D eigenvalue weighted by Crippen LogP contribution is 2.23. The van der Waals surface area contributed by atoms with Crippen LogP contribution in [0.25, 0.3) is 0 Å². The highest BCUT2D eigenvalue weighted by Gasteiger charge is 2.30. The molecule has 0 aromatic heterocycles. The largest absolute Gasteiger partial charge is 0.337 e. The second-order valence-corrected chi connectivity index (χ2v) is 6.42. The van der Waals surface area contributed by atoms with Crippen molar-refractivity contribution in [3.05, 3.63) is 34.1 Å². The van der Waals surface area contributed by atoms with Gasteiger partial charge < -0.3 is 4.90 Å². The maximum Gasteiger partial charge on any atom is 0.254 e. The van der Waals surface area contributed by atoms with Gasteiger partial charge in [-0.1, -0.05) is 0 Å². The average molecular weight is 341 g/mol. The fourth-order valence-corrected chi connectivity index (χ4v) is 3.45. The van der Waals surface area contributed by atoms with Gasteiger partial charge in [0.2, 0.25) is 0 Å². The SMILES string of the molecule is O=C(c1ccc(Br)c(F)c1)N1CCCN2CCCC2C1. The summed E-state index contributed by atoms with van der Waals surface area (Å²) in [6, 6.07) is 5.10. The van der Waals surface area contributed by atoms with Crippen LogP contribution in [0.3, 0.4) is 0 Å². The Hall–Kier alpha value is -0.940. The molecule has 1 atom stereocenters. The normalized spacial score (nSPS) is 23.5. The fraction of sp³-hybridized carbons (Fsp3) is 0.533. The summed E-state index contributed by atoms with van der Waals surface area (Å²) in [6.07, 6.45) is 3.39. The van der Waals surface area contributed by atoms with Crippen LogP contribution in [0, 0.1) is 5.82 Å². The van der Waals surface area contributed by atoms with Gasteiger partial charge in [0.15, 0.2) is 0 Å². The Morgan fingerprint density at radius 2 is 2.05 bits per heavy atom. The minimum Gasteiger partial charge on any atom is -0.337 e. The third-order valence-corrected chi connectivity index (χ3v) is 4.90. The van der Waals surface area contributed by atoms with E-state index in [4.69, 9.17) is 0 Å². The molecular weight excluding hydrogens is 323 g/mol. The smallest absolute Gasteiger partial charge is 0.254 e. The Labute approximate surface area is 126 Å². The minimum absolute atomic E-state index is 0.0508. The lowest BCUT2D eigenvalue weighted by molar-refractivity contribution is 0.0743. The molecule has 2 fully saturated rings. The van der Waals surface area contributed by atoms with Gasteiger partial charge in [-0.2, -0.15) is 0 Å². The van der Waals surface area contributed by atoms with E-state index in [1.54, 1.807) is 12.1 Å². The second kappa shape index (κ2) is 5.82. The molecule has 1 aromatic rings. The van der Waals surface area contributed by atoms with Crippen LogP contribution < -0.4 is 0 Å². The molecule has 2 heterocycles. The summed E-state index contributed by atoms with van der Waals surface area (Å²) in [5.74, 6) is -0.432. The molecular formula is C15H18BrFN2O. The first-order valence-electron chi connectivity index (χ1n) is 7.13. The molecule has 1 amide bonds. The molecule has 2 aliphatic rings. The van der Waals surface area contributed by atoms with E-state index in [0.717, 1.165) is 32.6 Å². The van der Waals surface area contributed by atoms with E-state index in [0.29, 0.717) is 16.1 Å². The van der Waals surface area contributed by atoms with Gasteiger partial charge in [-0.25, -0.2) is 4.39 Å². The number of nitrogens with zero attached hydrogens (tertiary/aromatic N) is 2. The first-order valence-corrected chi connectivity index (χ1v) is 7.93. The van der Waals surface area contributed by atoms with E-state index < -0.39 is 0 Å². The molecule has 0 saturated carbocycles. The van der Waals surface area contributed by atoms with E-state index >= 15 is 0 Å². The van der Waals surface area contributed by atoms with Crippen LogP contribution in [-0.4, -0.2) is 47.9 Å². The molecule has 3 rings (SSSR count). The van der Waals surface area contributed by atoms with Crippen molar-refractivity contribution in [2.75, 3.05) is 26.2 Å². The Bertz CT molecular complexity index is 523. The summed E-state index contributed by atoms with van der Waals surface area (Å²) in [6.45, 7) is 3.77. The Morgan fingerprint density at radius 3 is 2.85 bits per heavy atom. The lowest BCUT2D eigenvalue weighted by atomic mass is 10.1. The molecule has 1 aromatic carbocycles. The highest BCUT2D eigenvalue weighted by molar-refractivity contribution is 9.10. The summed E-state index contributed by atoms with van der Waals surface area (Å²) < 4.78 is 14.0. The van der Waals surface area contributed by atoms with Gasteiger partial charge >= 0.3 is 0 Å². The van der Waals surface area contributed by atoms with E-state index in [1.165, 1.54) is 18.9 Å². The topological polar surface area (TPSA) is 23.6 Å². The van der Waals surface area contributed by atoms with Gasteiger partial charge in [-0.3, -0.25) is 9.69 Å². The molecule has 0 N–H and O–H groups in total. The monoisotopic (exact) mass is 340 g/mol. The van der Waals surface area contributed by atoms with E-state index in [-0.39, 0.29) is 11.7 Å². The molecule has 108 valence electrons. The molecule has 0 aliphatic carbocycles. The summed E-state index contributed by atoms with van der Waals surface area (Å²) in [5, 5.41) is 0. The van der Waals surface area contributed by atoms with Crippen molar-refractivity contribution in [3.8, 4) is 0 Å². The third kappa shape index (κ3) is 2.74. The number of amides is 1. The molecule has 1 unspecified atom stereocenters. The molecule has 20 heavy (non-hydrogen) atoms. The lowest BCUT2D eigenvalue weighted by Crippen LogP contribution is -2.39. The number of benzene rings is 1. The van der Waals surface area contributed by atoms with Crippen molar-refractivity contribution in [1.29, 1.82) is 0 Å². The van der Waals surface area contributed by atoms with Gasteiger partial charge in [-0.05, 0) is 59.9 Å². The minimum atomic E-state index is -0.381. The van der Waals surface area contributed by atoms with Crippen LogP contribution in [0.2, 0.25) is 0 Å². The van der Waals surface area contributed by atoms with Crippen molar-refractivity contribution < 1.29 is 9.18 Å². The molecule has 0 bridgehead atoms. The maximum atomic E-state index is 13.6. The van der Waals surface area contributed by atoms with Crippen molar-refractivity contribution in [1.82, 2.24) is 9.80 Å². The van der Waals surface area contributed by atoms with Crippen LogP contribution in [0.1, 0.15) is 29.6 Å². The van der Waals surface area contributed by atoms with Gasteiger partial charge in [0, 0.05) is 31.2 Å². The van der Waals surface area contributed by atoms with Crippen LogP contribution >= 0.6 is 15.9 Å². The molecule has 2 aliphatic heterocycles.